The highest BCUT2D eigenvalue weighted by molar-refractivity contribution is 5.28. The monoisotopic (exact) mass is 392 g/mol. The lowest BCUT2D eigenvalue weighted by molar-refractivity contribution is -0.135. The fraction of sp³-hybridized carbons (Fsp3) is 0.750. The standard InChI is InChI=1S/C24H40O4/c1-2-3-4-5-6-7-8-9-10-11-18-27-21-14-12-20(13-15-21)23-17-16-22(26)24(19-25)28-23/h12-15,22-26H,2-11,16-19H2,1H3/t22-,23-,24+/m0/s1. The van der Waals surface area contributed by atoms with Gasteiger partial charge in [-0.1, -0.05) is 76.8 Å². The lowest BCUT2D eigenvalue weighted by atomic mass is 9.96. The molecule has 1 aromatic carbocycles. The normalized spacial score (nSPS) is 22.3. The fourth-order valence-electron chi connectivity index (χ4n) is 3.85. The van der Waals surface area contributed by atoms with E-state index in [0.29, 0.717) is 6.42 Å². The third-order valence-electron chi connectivity index (χ3n) is 5.69. The molecule has 2 N–H and O–H groups in total. The molecule has 1 saturated heterocycles. The van der Waals surface area contributed by atoms with Crippen molar-refractivity contribution in [3.05, 3.63) is 29.8 Å². The molecule has 1 fully saturated rings. The number of rotatable bonds is 14. The molecule has 3 atom stereocenters. The van der Waals surface area contributed by atoms with Gasteiger partial charge in [-0.3, -0.25) is 0 Å². The van der Waals surface area contributed by atoms with E-state index in [0.717, 1.165) is 30.8 Å². The second-order valence-corrected chi connectivity index (χ2v) is 8.09. The van der Waals surface area contributed by atoms with E-state index in [2.05, 4.69) is 6.92 Å². The van der Waals surface area contributed by atoms with Crippen molar-refractivity contribution in [2.75, 3.05) is 13.2 Å². The van der Waals surface area contributed by atoms with Gasteiger partial charge >= 0.3 is 0 Å². The van der Waals surface area contributed by atoms with Gasteiger partial charge in [0.25, 0.3) is 0 Å². The predicted molar refractivity (Wildman–Crippen MR) is 114 cm³/mol. The Morgan fingerprint density at radius 3 is 2.11 bits per heavy atom. The van der Waals surface area contributed by atoms with Crippen LogP contribution in [-0.2, 0) is 4.74 Å². The molecule has 1 aliphatic rings. The molecule has 0 unspecified atom stereocenters. The van der Waals surface area contributed by atoms with Crippen molar-refractivity contribution >= 4 is 0 Å². The van der Waals surface area contributed by atoms with Crippen LogP contribution in [0.4, 0.5) is 0 Å². The second-order valence-electron chi connectivity index (χ2n) is 8.09. The van der Waals surface area contributed by atoms with Crippen LogP contribution >= 0.6 is 0 Å². The van der Waals surface area contributed by atoms with Crippen LogP contribution in [0.25, 0.3) is 0 Å². The first-order valence-corrected chi connectivity index (χ1v) is 11.4. The summed E-state index contributed by atoms with van der Waals surface area (Å²) in [7, 11) is 0. The van der Waals surface area contributed by atoms with Crippen molar-refractivity contribution in [1.29, 1.82) is 0 Å². The molecule has 0 spiro atoms. The largest absolute Gasteiger partial charge is 0.494 e. The van der Waals surface area contributed by atoms with Crippen LogP contribution in [-0.4, -0.2) is 35.6 Å². The Bertz CT molecular complexity index is 502. The van der Waals surface area contributed by atoms with Gasteiger partial charge in [0, 0.05) is 0 Å². The van der Waals surface area contributed by atoms with Crippen molar-refractivity contribution in [2.45, 2.75) is 102 Å². The van der Waals surface area contributed by atoms with E-state index in [9.17, 15) is 10.2 Å². The van der Waals surface area contributed by atoms with Crippen LogP contribution in [0.5, 0.6) is 5.75 Å². The average Bonchev–Trinajstić information content (AvgIpc) is 2.73. The van der Waals surface area contributed by atoms with E-state index < -0.39 is 12.2 Å². The Morgan fingerprint density at radius 2 is 1.50 bits per heavy atom. The Balaban J connectivity index is 1.54. The van der Waals surface area contributed by atoms with Gasteiger partial charge in [0.1, 0.15) is 11.9 Å². The summed E-state index contributed by atoms with van der Waals surface area (Å²) in [5.41, 5.74) is 1.08. The van der Waals surface area contributed by atoms with Gasteiger partial charge in [-0.15, -0.1) is 0 Å². The first-order valence-electron chi connectivity index (χ1n) is 11.4. The molecule has 0 bridgehead atoms. The maximum atomic E-state index is 9.80. The number of ether oxygens (including phenoxy) is 2. The van der Waals surface area contributed by atoms with Crippen LogP contribution in [0.3, 0.4) is 0 Å². The number of benzene rings is 1. The summed E-state index contributed by atoms with van der Waals surface area (Å²) in [6.07, 6.45) is 13.6. The van der Waals surface area contributed by atoms with E-state index in [1.165, 1.54) is 57.8 Å². The molecule has 0 radical (unpaired) electrons. The second kappa shape index (κ2) is 14.0. The first-order chi connectivity index (χ1) is 13.7. The Morgan fingerprint density at radius 1 is 0.893 bits per heavy atom. The highest BCUT2D eigenvalue weighted by atomic mass is 16.5. The Kier molecular flexibility index (Phi) is 11.6. The predicted octanol–water partition coefficient (Wildman–Crippen LogP) is 5.56. The fourth-order valence-corrected chi connectivity index (χ4v) is 3.85. The smallest absolute Gasteiger partial charge is 0.119 e. The Hall–Kier alpha value is -1.10. The molecule has 2 rings (SSSR count). The lowest BCUT2D eigenvalue weighted by Gasteiger charge is -2.33. The summed E-state index contributed by atoms with van der Waals surface area (Å²) in [5.74, 6) is 0.897. The quantitative estimate of drug-likeness (QED) is 0.407. The molecular weight excluding hydrogens is 352 g/mol. The zero-order chi connectivity index (χ0) is 20.0. The third kappa shape index (κ3) is 8.50. The van der Waals surface area contributed by atoms with Crippen molar-refractivity contribution in [1.82, 2.24) is 0 Å². The van der Waals surface area contributed by atoms with E-state index in [1.807, 2.05) is 24.3 Å². The van der Waals surface area contributed by atoms with Gasteiger partial charge in [-0.25, -0.2) is 0 Å². The Labute approximate surface area is 171 Å². The minimum absolute atomic E-state index is 0.0587. The lowest BCUT2D eigenvalue weighted by Crippen LogP contribution is -2.38. The maximum Gasteiger partial charge on any atom is 0.119 e. The summed E-state index contributed by atoms with van der Waals surface area (Å²) in [4.78, 5) is 0. The molecule has 1 heterocycles. The van der Waals surface area contributed by atoms with Crippen LogP contribution < -0.4 is 4.74 Å². The molecule has 4 heteroatoms. The number of hydrogen-bond acceptors (Lipinski definition) is 4. The van der Waals surface area contributed by atoms with Crippen LogP contribution in [0.15, 0.2) is 24.3 Å². The minimum Gasteiger partial charge on any atom is -0.494 e. The van der Waals surface area contributed by atoms with Crippen molar-refractivity contribution < 1.29 is 19.7 Å². The summed E-state index contributed by atoms with van der Waals surface area (Å²) in [6.45, 7) is 2.90. The number of aliphatic hydroxyl groups is 2. The van der Waals surface area contributed by atoms with E-state index in [-0.39, 0.29) is 12.7 Å². The van der Waals surface area contributed by atoms with Crippen molar-refractivity contribution in [3.8, 4) is 5.75 Å². The third-order valence-corrected chi connectivity index (χ3v) is 5.69. The van der Waals surface area contributed by atoms with E-state index >= 15 is 0 Å². The van der Waals surface area contributed by atoms with Gasteiger partial charge in [0.15, 0.2) is 0 Å². The average molecular weight is 393 g/mol. The number of hydrogen-bond donors (Lipinski definition) is 2. The summed E-state index contributed by atoms with van der Waals surface area (Å²) < 4.78 is 11.7. The molecule has 4 nitrogen and oxygen atoms in total. The number of unbranched alkanes of at least 4 members (excludes halogenated alkanes) is 9. The van der Waals surface area contributed by atoms with E-state index in [1.54, 1.807) is 0 Å². The molecular formula is C24H40O4. The number of aliphatic hydroxyl groups excluding tert-OH is 2. The summed E-state index contributed by atoms with van der Waals surface area (Å²) in [6, 6.07) is 8.05. The molecule has 0 saturated carbocycles. The molecule has 0 amide bonds. The van der Waals surface area contributed by atoms with Gasteiger partial charge in [0.2, 0.25) is 0 Å². The van der Waals surface area contributed by atoms with Crippen LogP contribution in [0.1, 0.15) is 95.6 Å². The molecule has 1 aliphatic heterocycles. The van der Waals surface area contributed by atoms with Crippen LogP contribution in [0.2, 0.25) is 0 Å². The van der Waals surface area contributed by atoms with Crippen LogP contribution in [0, 0.1) is 0 Å². The SMILES string of the molecule is CCCCCCCCCCCCOc1ccc([C@@H]2CC[C@H](O)[C@@H](CO)O2)cc1. The first kappa shape index (κ1) is 23.2. The highest BCUT2D eigenvalue weighted by Crippen LogP contribution is 2.32. The summed E-state index contributed by atoms with van der Waals surface area (Å²) >= 11 is 0. The zero-order valence-corrected chi connectivity index (χ0v) is 17.7. The van der Waals surface area contributed by atoms with Crippen molar-refractivity contribution in [2.24, 2.45) is 0 Å². The molecule has 160 valence electrons. The topological polar surface area (TPSA) is 58.9 Å². The van der Waals surface area contributed by atoms with Gasteiger partial charge in [-0.05, 0) is 37.0 Å². The maximum absolute atomic E-state index is 9.80. The molecule has 1 aromatic rings. The van der Waals surface area contributed by atoms with Gasteiger partial charge < -0.3 is 19.7 Å². The highest BCUT2D eigenvalue weighted by Gasteiger charge is 2.30. The minimum atomic E-state index is -0.565. The zero-order valence-electron chi connectivity index (χ0n) is 17.7. The van der Waals surface area contributed by atoms with Gasteiger partial charge in [-0.2, -0.15) is 0 Å². The van der Waals surface area contributed by atoms with Crippen molar-refractivity contribution in [3.63, 3.8) is 0 Å². The molecule has 0 aromatic heterocycles. The van der Waals surface area contributed by atoms with E-state index in [4.69, 9.17) is 9.47 Å². The molecule has 0 aliphatic carbocycles. The van der Waals surface area contributed by atoms with Gasteiger partial charge in [0.05, 0.1) is 25.4 Å². The summed E-state index contributed by atoms with van der Waals surface area (Å²) in [5, 5.41) is 19.1. The molecule has 28 heavy (non-hydrogen) atoms.